The maximum atomic E-state index is 11.1. The monoisotopic (exact) mass is 379 g/mol. The molecule has 0 atom stereocenters. The zero-order valence-corrected chi connectivity index (χ0v) is 15.8. The number of piperidine rings is 1. The molecule has 0 unspecified atom stereocenters. The summed E-state index contributed by atoms with van der Waals surface area (Å²) in [6.07, 6.45) is 6.74. The Labute approximate surface area is 163 Å². The van der Waals surface area contributed by atoms with Gasteiger partial charge < -0.3 is 10.6 Å². The highest BCUT2D eigenvalue weighted by Crippen LogP contribution is 2.27. The normalized spacial score (nSPS) is 15.3. The van der Waals surface area contributed by atoms with E-state index in [4.69, 9.17) is 10.7 Å². The van der Waals surface area contributed by atoms with E-state index in [1.807, 2.05) is 24.3 Å². The first kappa shape index (κ1) is 17.6. The number of benzene rings is 1. The van der Waals surface area contributed by atoms with Crippen molar-refractivity contribution in [1.82, 2.24) is 14.8 Å². The molecule has 138 valence electrons. The molecular formula is C20H21N5OS. The second kappa shape index (κ2) is 7.44. The fourth-order valence-corrected chi connectivity index (χ4v) is 3.73. The minimum Gasteiger partial charge on any atom is -0.366 e. The van der Waals surface area contributed by atoms with Crippen LogP contribution in [0, 0.1) is 0 Å². The van der Waals surface area contributed by atoms with Gasteiger partial charge in [-0.2, -0.15) is 5.10 Å². The van der Waals surface area contributed by atoms with Crippen molar-refractivity contribution in [1.29, 1.82) is 0 Å². The average molecular weight is 379 g/mol. The van der Waals surface area contributed by atoms with Gasteiger partial charge in [-0.3, -0.25) is 4.79 Å². The summed E-state index contributed by atoms with van der Waals surface area (Å²) in [5.41, 5.74) is 8.02. The Morgan fingerprint density at radius 2 is 1.96 bits per heavy atom. The van der Waals surface area contributed by atoms with E-state index in [2.05, 4.69) is 34.8 Å². The Balaban J connectivity index is 1.68. The number of nitrogens with zero attached hydrogens (tertiary/aromatic N) is 4. The molecule has 27 heavy (non-hydrogen) atoms. The topological polar surface area (TPSA) is 77.0 Å². The van der Waals surface area contributed by atoms with Crippen molar-refractivity contribution >= 4 is 40.3 Å². The van der Waals surface area contributed by atoms with Crippen molar-refractivity contribution in [3.8, 4) is 11.3 Å². The lowest BCUT2D eigenvalue weighted by Crippen LogP contribution is -2.30. The number of thiol groups is 1. The zero-order chi connectivity index (χ0) is 18.8. The maximum absolute atomic E-state index is 11.1. The van der Waals surface area contributed by atoms with E-state index in [9.17, 15) is 4.79 Å². The van der Waals surface area contributed by atoms with Gasteiger partial charge in [-0.1, -0.05) is 12.1 Å². The third-order valence-electron chi connectivity index (χ3n) is 4.77. The number of fused-ring (bicyclic) bond motifs is 1. The SMILES string of the molecule is NC(=O)/C=C(\S)n1ncc2cc(-c3cccc(N4CCCCC4)n3)ccc21. The standard InChI is InChI=1S/C20H21N5OS/c21-18(26)12-20(27)25-17-8-7-14(11-15(17)13-22-25)16-5-4-6-19(23-16)24-9-2-1-3-10-24/h4-8,11-13,27H,1-3,9-10H2,(H2,21,26)/b20-12-. The van der Waals surface area contributed by atoms with Gasteiger partial charge in [0.05, 0.1) is 17.4 Å². The van der Waals surface area contributed by atoms with Gasteiger partial charge in [0.2, 0.25) is 5.91 Å². The van der Waals surface area contributed by atoms with Gasteiger partial charge in [0.1, 0.15) is 10.8 Å². The first-order chi connectivity index (χ1) is 13.1. The number of carbonyl (C=O) groups excluding carboxylic acids is 1. The van der Waals surface area contributed by atoms with Crippen LogP contribution in [0.15, 0.2) is 48.7 Å². The summed E-state index contributed by atoms with van der Waals surface area (Å²) in [4.78, 5) is 18.3. The predicted molar refractivity (Wildman–Crippen MR) is 111 cm³/mol. The van der Waals surface area contributed by atoms with Crippen LogP contribution < -0.4 is 10.6 Å². The number of anilines is 1. The summed E-state index contributed by atoms with van der Waals surface area (Å²) in [5, 5.41) is 5.64. The average Bonchev–Trinajstić information content (AvgIpc) is 3.12. The molecule has 0 aliphatic carbocycles. The number of amides is 1. The van der Waals surface area contributed by atoms with Gasteiger partial charge in [0.15, 0.2) is 0 Å². The minimum absolute atomic E-state index is 0.385. The predicted octanol–water partition coefficient (Wildman–Crippen LogP) is 3.30. The molecule has 1 aromatic carbocycles. The summed E-state index contributed by atoms with van der Waals surface area (Å²) in [7, 11) is 0. The van der Waals surface area contributed by atoms with Crippen molar-refractivity contribution in [2.45, 2.75) is 19.3 Å². The van der Waals surface area contributed by atoms with Crippen molar-refractivity contribution in [3.05, 3.63) is 48.7 Å². The van der Waals surface area contributed by atoms with Crippen LogP contribution in [0.3, 0.4) is 0 Å². The third kappa shape index (κ3) is 3.68. The quantitative estimate of drug-likeness (QED) is 0.539. The molecule has 2 N–H and O–H groups in total. The molecule has 6 nitrogen and oxygen atoms in total. The summed E-state index contributed by atoms with van der Waals surface area (Å²) < 4.78 is 1.59. The molecule has 0 bridgehead atoms. The summed E-state index contributed by atoms with van der Waals surface area (Å²) >= 11 is 4.31. The molecule has 1 amide bonds. The van der Waals surface area contributed by atoms with Crippen LogP contribution in [0.2, 0.25) is 0 Å². The second-order valence-corrected chi connectivity index (χ2v) is 7.12. The molecule has 7 heteroatoms. The van der Waals surface area contributed by atoms with Gasteiger partial charge in [-0.15, -0.1) is 12.6 Å². The molecule has 1 saturated heterocycles. The van der Waals surface area contributed by atoms with E-state index in [-0.39, 0.29) is 0 Å². The number of hydrogen-bond donors (Lipinski definition) is 2. The van der Waals surface area contributed by atoms with Gasteiger partial charge >= 0.3 is 0 Å². The van der Waals surface area contributed by atoms with E-state index < -0.39 is 5.91 Å². The maximum Gasteiger partial charge on any atom is 0.244 e. The van der Waals surface area contributed by atoms with E-state index in [0.717, 1.165) is 41.1 Å². The summed E-state index contributed by atoms with van der Waals surface area (Å²) in [6.45, 7) is 2.14. The Kier molecular flexibility index (Phi) is 4.85. The van der Waals surface area contributed by atoms with Crippen molar-refractivity contribution in [2.24, 2.45) is 5.73 Å². The molecule has 3 aromatic rings. The lowest BCUT2D eigenvalue weighted by atomic mass is 10.1. The third-order valence-corrected chi connectivity index (χ3v) is 5.09. The largest absolute Gasteiger partial charge is 0.366 e. The number of carbonyl (C=O) groups is 1. The number of rotatable bonds is 4. The van der Waals surface area contributed by atoms with Crippen molar-refractivity contribution in [2.75, 3.05) is 18.0 Å². The second-order valence-electron chi connectivity index (χ2n) is 6.66. The Morgan fingerprint density at radius 1 is 1.15 bits per heavy atom. The van der Waals surface area contributed by atoms with E-state index >= 15 is 0 Å². The van der Waals surface area contributed by atoms with Crippen LogP contribution in [0.25, 0.3) is 27.2 Å². The highest BCUT2D eigenvalue weighted by Gasteiger charge is 2.13. The fraction of sp³-hybridized carbons (Fsp3) is 0.250. The van der Waals surface area contributed by atoms with E-state index in [1.54, 1.807) is 10.9 Å². The van der Waals surface area contributed by atoms with Crippen LogP contribution >= 0.6 is 12.6 Å². The lowest BCUT2D eigenvalue weighted by Gasteiger charge is -2.28. The summed E-state index contributed by atoms with van der Waals surface area (Å²) in [5.74, 6) is 0.476. The van der Waals surface area contributed by atoms with Crippen LogP contribution in [0.1, 0.15) is 19.3 Å². The highest BCUT2D eigenvalue weighted by molar-refractivity contribution is 7.90. The van der Waals surface area contributed by atoms with Gasteiger partial charge in [0, 0.05) is 30.1 Å². The number of primary amides is 1. The number of nitrogens with two attached hydrogens (primary N) is 1. The molecule has 4 rings (SSSR count). The van der Waals surface area contributed by atoms with Gasteiger partial charge in [-0.25, -0.2) is 9.67 Å². The minimum atomic E-state index is -0.556. The van der Waals surface area contributed by atoms with Gasteiger partial charge in [-0.05, 0) is 43.5 Å². The van der Waals surface area contributed by atoms with E-state index in [0.29, 0.717) is 5.03 Å². The molecule has 0 radical (unpaired) electrons. The molecule has 2 aromatic heterocycles. The number of aromatic nitrogens is 3. The Morgan fingerprint density at radius 3 is 2.74 bits per heavy atom. The smallest absolute Gasteiger partial charge is 0.244 e. The molecular weight excluding hydrogens is 358 g/mol. The molecule has 3 heterocycles. The van der Waals surface area contributed by atoms with Crippen LogP contribution in [-0.4, -0.2) is 33.8 Å². The van der Waals surface area contributed by atoms with Crippen LogP contribution in [0.4, 0.5) is 5.82 Å². The molecule has 0 spiro atoms. The number of pyridine rings is 1. The lowest BCUT2D eigenvalue weighted by molar-refractivity contribution is -0.113. The van der Waals surface area contributed by atoms with Gasteiger partial charge in [0.25, 0.3) is 0 Å². The first-order valence-electron chi connectivity index (χ1n) is 9.02. The van der Waals surface area contributed by atoms with E-state index in [1.165, 1.54) is 25.3 Å². The Bertz CT molecular complexity index is 1020. The Hall–Kier alpha value is -2.80. The molecule has 1 aliphatic heterocycles. The molecule has 1 fully saturated rings. The van der Waals surface area contributed by atoms with Crippen molar-refractivity contribution < 1.29 is 4.79 Å². The van der Waals surface area contributed by atoms with Crippen LogP contribution in [0.5, 0.6) is 0 Å². The van der Waals surface area contributed by atoms with Crippen LogP contribution in [-0.2, 0) is 4.79 Å². The molecule has 0 saturated carbocycles. The summed E-state index contributed by atoms with van der Waals surface area (Å²) in [6, 6.07) is 12.2. The fourth-order valence-electron chi connectivity index (χ4n) is 3.45. The number of hydrogen-bond acceptors (Lipinski definition) is 5. The first-order valence-corrected chi connectivity index (χ1v) is 9.47. The highest BCUT2D eigenvalue weighted by atomic mass is 32.1. The molecule has 1 aliphatic rings. The zero-order valence-electron chi connectivity index (χ0n) is 14.9. The van der Waals surface area contributed by atoms with Crippen molar-refractivity contribution in [3.63, 3.8) is 0 Å².